The zero-order valence-corrected chi connectivity index (χ0v) is 18.5. The Bertz CT molecular complexity index is 1600. The summed E-state index contributed by atoms with van der Waals surface area (Å²) in [6, 6.07) is 25.0. The van der Waals surface area contributed by atoms with Gasteiger partial charge in [0.15, 0.2) is 5.43 Å². The lowest BCUT2D eigenvalue weighted by atomic mass is 9.98. The van der Waals surface area contributed by atoms with Gasteiger partial charge in [-0.25, -0.2) is 9.97 Å². The van der Waals surface area contributed by atoms with Gasteiger partial charge in [0.1, 0.15) is 17.9 Å². The Morgan fingerprint density at radius 1 is 0.857 bits per heavy atom. The van der Waals surface area contributed by atoms with Gasteiger partial charge in [0.25, 0.3) is 5.91 Å². The van der Waals surface area contributed by atoms with Crippen LogP contribution >= 0.6 is 0 Å². The van der Waals surface area contributed by atoms with Crippen molar-refractivity contribution in [2.75, 3.05) is 4.90 Å². The number of hydrogen-bond acceptors (Lipinski definition) is 6. The molecule has 1 aliphatic heterocycles. The number of nitrogens with zero attached hydrogens (tertiary/aromatic N) is 3. The molecule has 0 saturated carbocycles. The first-order chi connectivity index (χ1) is 17.2. The second-order valence-electron chi connectivity index (χ2n) is 8.14. The smallest absolute Gasteiger partial charge is 0.297 e. The molecule has 1 unspecified atom stereocenters. The van der Waals surface area contributed by atoms with E-state index in [1.165, 1.54) is 4.90 Å². The van der Waals surface area contributed by atoms with E-state index in [1.807, 2.05) is 54.6 Å². The van der Waals surface area contributed by atoms with Gasteiger partial charge in [0.05, 0.1) is 17.0 Å². The van der Waals surface area contributed by atoms with Crippen LogP contribution in [0.1, 0.15) is 33.3 Å². The summed E-state index contributed by atoms with van der Waals surface area (Å²) < 4.78 is 12.0. The van der Waals surface area contributed by atoms with Crippen molar-refractivity contribution in [2.45, 2.75) is 12.6 Å². The first kappa shape index (κ1) is 20.8. The molecule has 0 bridgehead atoms. The second kappa shape index (κ2) is 8.53. The molecule has 2 aromatic heterocycles. The van der Waals surface area contributed by atoms with Crippen LogP contribution in [0.15, 0.2) is 107 Å². The van der Waals surface area contributed by atoms with Crippen molar-refractivity contribution in [3.05, 3.63) is 130 Å². The van der Waals surface area contributed by atoms with E-state index >= 15 is 0 Å². The average molecular weight is 461 g/mol. The number of anilines is 1. The molecule has 7 nitrogen and oxygen atoms in total. The number of aromatic nitrogens is 2. The first-order valence-electron chi connectivity index (χ1n) is 11.1. The van der Waals surface area contributed by atoms with Crippen LogP contribution in [0.25, 0.3) is 11.0 Å². The standard InChI is InChI=1S/C28H19N3O4/c32-25-21-12-4-5-13-22(21)35-26-23(25)24(31(27(26)33)28-29-14-7-15-30-28)19-10-6-11-20(16-19)34-17-18-8-2-1-3-9-18/h1-16,24H,17H2. The molecule has 1 amide bonds. The molecule has 0 fully saturated rings. The fourth-order valence-corrected chi connectivity index (χ4v) is 4.37. The summed E-state index contributed by atoms with van der Waals surface area (Å²) in [7, 11) is 0. The van der Waals surface area contributed by atoms with Crippen molar-refractivity contribution in [1.29, 1.82) is 0 Å². The predicted octanol–water partition coefficient (Wildman–Crippen LogP) is 4.91. The van der Waals surface area contributed by atoms with E-state index < -0.39 is 11.9 Å². The number of amides is 1. The maximum atomic E-state index is 13.6. The molecule has 35 heavy (non-hydrogen) atoms. The summed E-state index contributed by atoms with van der Waals surface area (Å²) in [6.07, 6.45) is 3.11. The Labute approximate surface area is 200 Å². The molecule has 0 radical (unpaired) electrons. The van der Waals surface area contributed by atoms with Gasteiger partial charge in [0.2, 0.25) is 11.7 Å². The third-order valence-electron chi connectivity index (χ3n) is 5.97. The Kier molecular flexibility index (Phi) is 5.07. The summed E-state index contributed by atoms with van der Waals surface area (Å²) in [4.78, 5) is 37.1. The lowest BCUT2D eigenvalue weighted by molar-refractivity contribution is 0.0969. The van der Waals surface area contributed by atoms with Gasteiger partial charge >= 0.3 is 0 Å². The van der Waals surface area contributed by atoms with Crippen molar-refractivity contribution >= 4 is 22.8 Å². The quantitative estimate of drug-likeness (QED) is 0.370. The molecular weight excluding hydrogens is 442 g/mol. The normalized spacial score (nSPS) is 14.8. The zero-order valence-electron chi connectivity index (χ0n) is 18.5. The SMILES string of the molecule is O=C1c2oc3ccccc3c(=O)c2C(c2cccc(OCc3ccccc3)c2)N1c1ncccn1. The van der Waals surface area contributed by atoms with E-state index in [1.54, 1.807) is 42.7 Å². The molecule has 5 aromatic rings. The monoisotopic (exact) mass is 461 g/mol. The van der Waals surface area contributed by atoms with Gasteiger partial charge < -0.3 is 9.15 Å². The summed E-state index contributed by atoms with van der Waals surface area (Å²) >= 11 is 0. The number of ether oxygens (including phenoxy) is 1. The van der Waals surface area contributed by atoms with Gasteiger partial charge in [-0.05, 0) is 41.5 Å². The van der Waals surface area contributed by atoms with E-state index in [2.05, 4.69) is 9.97 Å². The third kappa shape index (κ3) is 3.63. The highest BCUT2D eigenvalue weighted by atomic mass is 16.5. The fourth-order valence-electron chi connectivity index (χ4n) is 4.37. The van der Waals surface area contributed by atoms with Crippen LogP contribution in [0, 0.1) is 0 Å². The van der Waals surface area contributed by atoms with Crippen LogP contribution < -0.4 is 15.1 Å². The number of carbonyl (C=O) groups is 1. The van der Waals surface area contributed by atoms with E-state index in [4.69, 9.17) is 9.15 Å². The number of fused-ring (bicyclic) bond motifs is 2. The van der Waals surface area contributed by atoms with Gasteiger partial charge in [-0.2, -0.15) is 0 Å². The van der Waals surface area contributed by atoms with Crippen LogP contribution in [0.2, 0.25) is 0 Å². The molecule has 1 aliphatic rings. The number of benzene rings is 3. The molecule has 3 aromatic carbocycles. The highest BCUT2D eigenvalue weighted by Crippen LogP contribution is 2.40. The molecule has 1 atom stereocenters. The van der Waals surface area contributed by atoms with E-state index in [0.29, 0.717) is 28.9 Å². The van der Waals surface area contributed by atoms with Crippen molar-refractivity contribution in [1.82, 2.24) is 9.97 Å². The Hall–Kier alpha value is -4.78. The Morgan fingerprint density at radius 3 is 2.46 bits per heavy atom. The second-order valence-corrected chi connectivity index (χ2v) is 8.14. The maximum absolute atomic E-state index is 13.6. The summed E-state index contributed by atoms with van der Waals surface area (Å²) in [5, 5.41) is 0.413. The fraction of sp³-hybridized carbons (Fsp3) is 0.0714. The molecule has 170 valence electrons. The van der Waals surface area contributed by atoms with Crippen molar-refractivity contribution in [2.24, 2.45) is 0 Å². The van der Waals surface area contributed by atoms with Crippen molar-refractivity contribution in [3.8, 4) is 5.75 Å². The zero-order chi connectivity index (χ0) is 23.8. The predicted molar refractivity (Wildman–Crippen MR) is 130 cm³/mol. The number of carbonyl (C=O) groups excluding carboxylic acids is 1. The molecule has 0 spiro atoms. The Balaban J connectivity index is 1.48. The van der Waals surface area contributed by atoms with E-state index in [0.717, 1.165) is 5.56 Å². The lowest BCUT2D eigenvalue weighted by Gasteiger charge is -2.23. The van der Waals surface area contributed by atoms with E-state index in [-0.39, 0.29) is 22.7 Å². The summed E-state index contributed by atoms with van der Waals surface area (Å²) in [5.74, 6) is 0.343. The molecule has 0 N–H and O–H groups in total. The highest BCUT2D eigenvalue weighted by molar-refractivity contribution is 6.09. The van der Waals surface area contributed by atoms with Crippen LogP contribution in [-0.2, 0) is 6.61 Å². The molecular formula is C28H19N3O4. The largest absolute Gasteiger partial charge is 0.489 e. The molecule has 7 heteroatoms. The topological polar surface area (TPSA) is 85.5 Å². The minimum absolute atomic E-state index is 0.00163. The average Bonchev–Trinajstić information content (AvgIpc) is 3.21. The number of hydrogen-bond donors (Lipinski definition) is 0. The molecule has 6 rings (SSSR count). The Morgan fingerprint density at radius 2 is 1.63 bits per heavy atom. The van der Waals surface area contributed by atoms with Gasteiger partial charge in [0, 0.05) is 12.4 Å². The number of para-hydroxylation sites is 1. The highest BCUT2D eigenvalue weighted by Gasteiger charge is 2.45. The van der Waals surface area contributed by atoms with Gasteiger partial charge in [-0.15, -0.1) is 0 Å². The number of rotatable bonds is 5. The lowest BCUT2D eigenvalue weighted by Crippen LogP contribution is -2.31. The van der Waals surface area contributed by atoms with E-state index in [9.17, 15) is 9.59 Å². The third-order valence-corrected chi connectivity index (χ3v) is 5.97. The first-order valence-corrected chi connectivity index (χ1v) is 11.1. The molecule has 3 heterocycles. The molecule has 0 saturated heterocycles. The summed E-state index contributed by atoms with van der Waals surface area (Å²) in [6.45, 7) is 0.392. The minimum atomic E-state index is -0.763. The van der Waals surface area contributed by atoms with Gasteiger partial charge in [-0.3, -0.25) is 14.5 Å². The molecule has 0 aliphatic carbocycles. The minimum Gasteiger partial charge on any atom is -0.489 e. The summed E-state index contributed by atoms with van der Waals surface area (Å²) in [5.41, 5.74) is 2.10. The maximum Gasteiger partial charge on any atom is 0.297 e. The van der Waals surface area contributed by atoms with Crippen LogP contribution in [0.5, 0.6) is 5.75 Å². The van der Waals surface area contributed by atoms with Crippen LogP contribution in [0.3, 0.4) is 0 Å². The van der Waals surface area contributed by atoms with Crippen molar-refractivity contribution in [3.63, 3.8) is 0 Å². The van der Waals surface area contributed by atoms with Crippen LogP contribution in [0.4, 0.5) is 5.95 Å². The van der Waals surface area contributed by atoms with Crippen molar-refractivity contribution < 1.29 is 13.9 Å². The van der Waals surface area contributed by atoms with Gasteiger partial charge in [-0.1, -0.05) is 54.6 Å². The van der Waals surface area contributed by atoms with Crippen LogP contribution in [-0.4, -0.2) is 15.9 Å².